The minimum atomic E-state index is 0.306. The Bertz CT molecular complexity index is 574. The van der Waals surface area contributed by atoms with Crippen LogP contribution in [-0.4, -0.2) is 21.3 Å². The SMILES string of the molecule is CCCNC(CCc1ccnn1C)c1ncc(C)cc1C. The molecule has 2 aromatic rings. The van der Waals surface area contributed by atoms with Crippen molar-refractivity contribution < 1.29 is 0 Å². The first-order valence-corrected chi connectivity index (χ1v) is 7.75. The van der Waals surface area contributed by atoms with E-state index >= 15 is 0 Å². The molecule has 0 aliphatic rings. The van der Waals surface area contributed by atoms with Crippen molar-refractivity contribution in [3.8, 4) is 0 Å². The zero-order valence-corrected chi connectivity index (χ0v) is 13.6. The van der Waals surface area contributed by atoms with Gasteiger partial charge in [0.1, 0.15) is 0 Å². The zero-order valence-electron chi connectivity index (χ0n) is 13.6. The Labute approximate surface area is 127 Å². The number of nitrogens with one attached hydrogen (secondary N) is 1. The first-order valence-electron chi connectivity index (χ1n) is 7.75. The topological polar surface area (TPSA) is 42.7 Å². The van der Waals surface area contributed by atoms with Gasteiger partial charge >= 0.3 is 0 Å². The Kier molecular flexibility index (Phi) is 5.51. The summed E-state index contributed by atoms with van der Waals surface area (Å²) < 4.78 is 1.95. The highest BCUT2D eigenvalue weighted by atomic mass is 15.2. The largest absolute Gasteiger partial charge is 0.309 e. The lowest BCUT2D eigenvalue weighted by molar-refractivity contribution is 0.479. The summed E-state index contributed by atoms with van der Waals surface area (Å²) in [6, 6.07) is 4.61. The van der Waals surface area contributed by atoms with Gasteiger partial charge in [-0.05, 0) is 56.8 Å². The van der Waals surface area contributed by atoms with E-state index in [0.717, 1.165) is 25.8 Å². The lowest BCUT2D eigenvalue weighted by Crippen LogP contribution is -2.24. The molecule has 4 nitrogen and oxygen atoms in total. The fourth-order valence-corrected chi connectivity index (χ4v) is 2.68. The van der Waals surface area contributed by atoms with Crippen LogP contribution < -0.4 is 5.32 Å². The van der Waals surface area contributed by atoms with Crippen molar-refractivity contribution >= 4 is 0 Å². The summed E-state index contributed by atoms with van der Waals surface area (Å²) in [5.41, 5.74) is 4.94. The Morgan fingerprint density at radius 3 is 2.76 bits per heavy atom. The van der Waals surface area contributed by atoms with E-state index in [4.69, 9.17) is 0 Å². The second-order valence-corrected chi connectivity index (χ2v) is 5.71. The third-order valence-corrected chi connectivity index (χ3v) is 3.84. The van der Waals surface area contributed by atoms with Crippen LogP contribution in [0.15, 0.2) is 24.5 Å². The monoisotopic (exact) mass is 286 g/mol. The number of hydrogen-bond acceptors (Lipinski definition) is 3. The van der Waals surface area contributed by atoms with Crippen molar-refractivity contribution in [2.24, 2.45) is 7.05 Å². The summed E-state index contributed by atoms with van der Waals surface area (Å²) in [6.07, 6.45) is 7.00. The predicted molar refractivity (Wildman–Crippen MR) is 86.3 cm³/mol. The van der Waals surface area contributed by atoms with Gasteiger partial charge in [0, 0.05) is 25.1 Å². The van der Waals surface area contributed by atoms with E-state index in [0.29, 0.717) is 6.04 Å². The molecule has 0 spiro atoms. The van der Waals surface area contributed by atoms with Crippen molar-refractivity contribution in [1.29, 1.82) is 0 Å². The van der Waals surface area contributed by atoms with Crippen LogP contribution >= 0.6 is 0 Å². The van der Waals surface area contributed by atoms with Crippen LogP contribution in [0.1, 0.15) is 48.3 Å². The van der Waals surface area contributed by atoms with Gasteiger partial charge in [0.05, 0.1) is 11.7 Å². The molecule has 114 valence electrons. The van der Waals surface area contributed by atoms with Gasteiger partial charge in [-0.2, -0.15) is 5.10 Å². The number of aromatic nitrogens is 3. The molecule has 0 aliphatic heterocycles. The van der Waals surface area contributed by atoms with E-state index in [1.54, 1.807) is 0 Å². The summed E-state index contributed by atoms with van der Waals surface area (Å²) in [6.45, 7) is 7.46. The maximum absolute atomic E-state index is 4.67. The molecule has 0 radical (unpaired) electrons. The van der Waals surface area contributed by atoms with Gasteiger partial charge in [-0.3, -0.25) is 9.67 Å². The molecule has 0 saturated carbocycles. The molecule has 2 heterocycles. The van der Waals surface area contributed by atoms with Gasteiger partial charge in [-0.1, -0.05) is 13.0 Å². The van der Waals surface area contributed by atoms with Gasteiger partial charge in [0.15, 0.2) is 0 Å². The molecule has 0 bridgehead atoms. The minimum Gasteiger partial charge on any atom is -0.309 e. The van der Waals surface area contributed by atoms with Crippen LogP contribution in [0.25, 0.3) is 0 Å². The average molecular weight is 286 g/mol. The van der Waals surface area contributed by atoms with Crippen LogP contribution in [0.3, 0.4) is 0 Å². The highest BCUT2D eigenvalue weighted by Gasteiger charge is 2.15. The quantitative estimate of drug-likeness (QED) is 0.850. The summed E-state index contributed by atoms with van der Waals surface area (Å²) in [4.78, 5) is 4.67. The van der Waals surface area contributed by atoms with Crippen molar-refractivity contribution in [3.63, 3.8) is 0 Å². The van der Waals surface area contributed by atoms with Gasteiger partial charge in [-0.15, -0.1) is 0 Å². The Hall–Kier alpha value is -1.68. The minimum absolute atomic E-state index is 0.306. The zero-order chi connectivity index (χ0) is 15.2. The highest BCUT2D eigenvalue weighted by Crippen LogP contribution is 2.21. The maximum Gasteiger partial charge on any atom is 0.0602 e. The molecule has 0 saturated heterocycles. The predicted octanol–water partition coefficient (Wildman–Crippen LogP) is 3.11. The lowest BCUT2D eigenvalue weighted by atomic mass is 10.0. The molecular weight excluding hydrogens is 260 g/mol. The lowest BCUT2D eigenvalue weighted by Gasteiger charge is -2.20. The smallest absolute Gasteiger partial charge is 0.0602 e. The third kappa shape index (κ3) is 4.14. The molecule has 1 N–H and O–H groups in total. The van der Waals surface area contributed by atoms with Crippen LogP contribution in [0.4, 0.5) is 0 Å². The molecule has 0 fully saturated rings. The van der Waals surface area contributed by atoms with Crippen molar-refractivity contribution in [3.05, 3.63) is 47.0 Å². The van der Waals surface area contributed by atoms with Gasteiger partial charge in [-0.25, -0.2) is 0 Å². The van der Waals surface area contributed by atoms with Crippen molar-refractivity contribution in [1.82, 2.24) is 20.1 Å². The second-order valence-electron chi connectivity index (χ2n) is 5.71. The molecule has 0 amide bonds. The normalized spacial score (nSPS) is 12.6. The number of hydrogen-bond donors (Lipinski definition) is 1. The molecule has 1 unspecified atom stereocenters. The fourth-order valence-electron chi connectivity index (χ4n) is 2.68. The van der Waals surface area contributed by atoms with Crippen LogP contribution in [0, 0.1) is 13.8 Å². The molecule has 2 aromatic heterocycles. The van der Waals surface area contributed by atoms with E-state index in [1.165, 1.54) is 22.5 Å². The number of rotatable bonds is 7. The van der Waals surface area contributed by atoms with E-state index in [9.17, 15) is 0 Å². The molecule has 4 heteroatoms. The molecule has 21 heavy (non-hydrogen) atoms. The summed E-state index contributed by atoms with van der Waals surface area (Å²) >= 11 is 0. The summed E-state index contributed by atoms with van der Waals surface area (Å²) in [5.74, 6) is 0. The number of pyridine rings is 1. The van der Waals surface area contributed by atoms with E-state index in [-0.39, 0.29) is 0 Å². The molecule has 0 aromatic carbocycles. The first kappa shape index (κ1) is 15.7. The van der Waals surface area contributed by atoms with Crippen LogP contribution in [-0.2, 0) is 13.5 Å². The average Bonchev–Trinajstić information content (AvgIpc) is 2.85. The molecular formula is C17H26N4. The van der Waals surface area contributed by atoms with Gasteiger partial charge in [0.2, 0.25) is 0 Å². The van der Waals surface area contributed by atoms with E-state index < -0.39 is 0 Å². The van der Waals surface area contributed by atoms with Gasteiger partial charge in [0.25, 0.3) is 0 Å². The Morgan fingerprint density at radius 2 is 2.14 bits per heavy atom. The number of nitrogens with zero attached hydrogens (tertiary/aromatic N) is 3. The molecule has 2 rings (SSSR count). The number of aryl methyl sites for hydroxylation is 4. The van der Waals surface area contributed by atoms with Crippen molar-refractivity contribution in [2.45, 2.75) is 46.1 Å². The standard InChI is InChI=1S/C17H26N4/c1-5-9-18-16(7-6-15-8-10-20-21(15)4)17-14(3)11-13(2)12-19-17/h8,10-12,16,18H,5-7,9H2,1-4H3. The van der Waals surface area contributed by atoms with Crippen molar-refractivity contribution in [2.75, 3.05) is 6.54 Å². The van der Waals surface area contributed by atoms with Crippen LogP contribution in [0.2, 0.25) is 0 Å². The van der Waals surface area contributed by atoms with Gasteiger partial charge < -0.3 is 5.32 Å². The second kappa shape index (κ2) is 7.36. The van der Waals surface area contributed by atoms with E-state index in [1.807, 2.05) is 24.1 Å². The van der Waals surface area contributed by atoms with Crippen LogP contribution in [0.5, 0.6) is 0 Å². The third-order valence-electron chi connectivity index (χ3n) is 3.84. The highest BCUT2D eigenvalue weighted by molar-refractivity contribution is 5.25. The fraction of sp³-hybridized carbons (Fsp3) is 0.529. The summed E-state index contributed by atoms with van der Waals surface area (Å²) in [5, 5.41) is 7.87. The molecule has 1 atom stereocenters. The molecule has 0 aliphatic carbocycles. The van der Waals surface area contributed by atoms with E-state index in [2.05, 4.69) is 48.3 Å². The summed E-state index contributed by atoms with van der Waals surface area (Å²) in [7, 11) is 2.00. The maximum atomic E-state index is 4.67. The Balaban J connectivity index is 2.12. The first-order chi connectivity index (χ1) is 10.1. The Morgan fingerprint density at radius 1 is 1.33 bits per heavy atom.